The number of hydrogen-bond acceptors (Lipinski definition) is 4. The maximum absolute atomic E-state index is 12.0. The van der Waals surface area contributed by atoms with Crippen LogP contribution in [0.25, 0.3) is 0 Å². The maximum Gasteiger partial charge on any atom is 0.410 e. The van der Waals surface area contributed by atoms with E-state index in [-0.39, 0.29) is 12.0 Å². The summed E-state index contributed by atoms with van der Waals surface area (Å²) in [5.74, 6) is 0.0462. The van der Waals surface area contributed by atoms with Crippen LogP contribution < -0.4 is 0 Å². The highest BCUT2D eigenvalue weighted by molar-refractivity contribution is 5.68. The van der Waals surface area contributed by atoms with Crippen molar-refractivity contribution in [1.82, 2.24) is 9.88 Å². The van der Waals surface area contributed by atoms with Gasteiger partial charge in [-0.3, -0.25) is 4.98 Å². The summed E-state index contributed by atoms with van der Waals surface area (Å²) in [5.41, 5.74) is 0.612. The van der Waals surface area contributed by atoms with Crippen LogP contribution in [0.2, 0.25) is 0 Å². The van der Waals surface area contributed by atoms with E-state index in [9.17, 15) is 9.90 Å². The van der Waals surface area contributed by atoms with E-state index in [0.717, 1.165) is 12.0 Å². The average molecular weight is 278 g/mol. The van der Waals surface area contributed by atoms with E-state index >= 15 is 0 Å². The van der Waals surface area contributed by atoms with Crippen molar-refractivity contribution in [2.45, 2.75) is 38.9 Å². The van der Waals surface area contributed by atoms with Gasteiger partial charge in [0.15, 0.2) is 0 Å². The number of hydrogen-bond donors (Lipinski definition) is 1. The van der Waals surface area contributed by atoms with E-state index < -0.39 is 11.7 Å². The Balaban J connectivity index is 1.94. The normalized spacial score (nSPS) is 22.9. The van der Waals surface area contributed by atoms with Crippen LogP contribution in [0.5, 0.6) is 0 Å². The van der Waals surface area contributed by atoms with Gasteiger partial charge in [-0.15, -0.1) is 0 Å². The van der Waals surface area contributed by atoms with Crippen LogP contribution in [0.4, 0.5) is 4.79 Å². The number of carbonyl (C=O) groups is 1. The molecule has 1 saturated heterocycles. The molecule has 2 atom stereocenters. The molecule has 0 spiro atoms. The Morgan fingerprint density at radius 3 is 2.65 bits per heavy atom. The number of aliphatic hydroxyl groups excluding tert-OH is 1. The van der Waals surface area contributed by atoms with E-state index in [1.165, 1.54) is 0 Å². The Bertz CT molecular complexity index is 456. The van der Waals surface area contributed by atoms with Crippen molar-refractivity contribution in [3.05, 3.63) is 30.1 Å². The first-order valence-corrected chi connectivity index (χ1v) is 6.90. The Hall–Kier alpha value is -1.62. The lowest BCUT2D eigenvalue weighted by Gasteiger charge is -2.24. The summed E-state index contributed by atoms with van der Waals surface area (Å²) in [4.78, 5) is 17.5. The molecule has 5 heteroatoms. The first kappa shape index (κ1) is 14.8. The Kier molecular flexibility index (Phi) is 4.28. The van der Waals surface area contributed by atoms with E-state index in [1.807, 2.05) is 32.9 Å². The molecule has 1 aromatic heterocycles. The lowest BCUT2D eigenvalue weighted by molar-refractivity contribution is 0.0269. The van der Waals surface area contributed by atoms with Gasteiger partial charge in [0.2, 0.25) is 0 Å². The van der Waals surface area contributed by atoms with Crippen molar-refractivity contribution in [2.75, 3.05) is 13.1 Å². The molecule has 1 amide bonds. The molecule has 1 aliphatic rings. The monoisotopic (exact) mass is 278 g/mol. The fourth-order valence-corrected chi connectivity index (χ4v) is 2.35. The largest absolute Gasteiger partial charge is 0.444 e. The minimum Gasteiger partial charge on any atom is -0.444 e. The summed E-state index contributed by atoms with van der Waals surface area (Å²) in [6, 6.07) is 3.87. The lowest BCUT2D eigenvalue weighted by Crippen LogP contribution is -2.35. The highest BCUT2D eigenvalue weighted by atomic mass is 16.6. The molecule has 1 fully saturated rings. The molecule has 2 heterocycles. The first-order chi connectivity index (χ1) is 9.35. The number of aromatic nitrogens is 1. The van der Waals surface area contributed by atoms with Crippen molar-refractivity contribution in [2.24, 2.45) is 5.92 Å². The van der Waals surface area contributed by atoms with Gasteiger partial charge in [0, 0.05) is 24.9 Å². The highest BCUT2D eigenvalue weighted by Crippen LogP contribution is 2.23. The van der Waals surface area contributed by atoms with Crippen LogP contribution in [-0.2, 0) is 11.2 Å². The smallest absolute Gasteiger partial charge is 0.410 e. The van der Waals surface area contributed by atoms with Gasteiger partial charge in [-0.05, 0) is 44.9 Å². The predicted molar refractivity (Wildman–Crippen MR) is 75.2 cm³/mol. The number of pyridine rings is 1. The van der Waals surface area contributed by atoms with Crippen LogP contribution in [0, 0.1) is 5.92 Å². The quantitative estimate of drug-likeness (QED) is 0.897. The minimum atomic E-state index is -0.509. The second kappa shape index (κ2) is 5.79. The van der Waals surface area contributed by atoms with Gasteiger partial charge in [0.05, 0.1) is 12.6 Å². The van der Waals surface area contributed by atoms with E-state index in [0.29, 0.717) is 13.1 Å². The summed E-state index contributed by atoms with van der Waals surface area (Å²) in [5, 5.41) is 10.1. The number of β-amino-alcohol motifs (C(OH)–C–C–N with tert-alkyl or cyclic N) is 1. The average Bonchev–Trinajstić information content (AvgIpc) is 2.70. The van der Waals surface area contributed by atoms with Crippen LogP contribution in [0.3, 0.4) is 0 Å². The zero-order chi connectivity index (χ0) is 14.8. The molecule has 5 nitrogen and oxygen atoms in total. The van der Waals surface area contributed by atoms with Gasteiger partial charge >= 0.3 is 6.09 Å². The topological polar surface area (TPSA) is 62.7 Å². The number of nitrogens with zero attached hydrogens (tertiary/aromatic N) is 2. The summed E-state index contributed by atoms with van der Waals surface area (Å²) in [7, 11) is 0. The fourth-order valence-electron chi connectivity index (χ4n) is 2.35. The minimum absolute atomic E-state index is 0.0462. The van der Waals surface area contributed by atoms with Crippen molar-refractivity contribution in [1.29, 1.82) is 0 Å². The molecule has 20 heavy (non-hydrogen) atoms. The molecular weight excluding hydrogens is 256 g/mol. The third-order valence-electron chi connectivity index (χ3n) is 3.31. The van der Waals surface area contributed by atoms with Gasteiger partial charge in [-0.1, -0.05) is 0 Å². The Labute approximate surface area is 119 Å². The number of rotatable bonds is 2. The molecule has 1 aromatic rings. The van der Waals surface area contributed by atoms with Crippen molar-refractivity contribution in [3.63, 3.8) is 0 Å². The molecule has 1 aliphatic heterocycles. The number of likely N-dealkylation sites (tertiary alicyclic amines) is 1. The molecule has 0 bridgehead atoms. The van der Waals surface area contributed by atoms with Gasteiger partial charge < -0.3 is 14.7 Å². The van der Waals surface area contributed by atoms with E-state index in [2.05, 4.69) is 4.98 Å². The molecule has 0 saturated carbocycles. The van der Waals surface area contributed by atoms with E-state index in [1.54, 1.807) is 17.3 Å². The first-order valence-electron chi connectivity index (χ1n) is 6.90. The summed E-state index contributed by atoms with van der Waals surface area (Å²) in [6.07, 6.45) is 3.36. The molecule has 0 radical (unpaired) electrons. The van der Waals surface area contributed by atoms with Crippen LogP contribution in [0.15, 0.2) is 24.5 Å². The molecule has 0 aliphatic carbocycles. The second-order valence-electron chi connectivity index (χ2n) is 6.27. The number of carbonyl (C=O) groups excluding carboxylic acids is 1. The van der Waals surface area contributed by atoms with Gasteiger partial charge in [-0.25, -0.2) is 4.79 Å². The third kappa shape index (κ3) is 3.93. The zero-order valence-electron chi connectivity index (χ0n) is 12.2. The van der Waals surface area contributed by atoms with Gasteiger partial charge in [0.1, 0.15) is 5.60 Å². The van der Waals surface area contributed by atoms with E-state index in [4.69, 9.17) is 4.74 Å². The highest BCUT2D eigenvalue weighted by Gasteiger charge is 2.35. The van der Waals surface area contributed by atoms with Crippen molar-refractivity contribution in [3.8, 4) is 0 Å². The molecule has 2 unspecified atom stereocenters. The van der Waals surface area contributed by atoms with Crippen LogP contribution in [-0.4, -0.2) is 45.9 Å². The van der Waals surface area contributed by atoms with Gasteiger partial charge in [-0.2, -0.15) is 0 Å². The molecular formula is C15H22N2O3. The molecule has 0 aromatic carbocycles. The molecule has 1 N–H and O–H groups in total. The third-order valence-corrected chi connectivity index (χ3v) is 3.31. The Morgan fingerprint density at radius 1 is 1.40 bits per heavy atom. The van der Waals surface area contributed by atoms with Crippen molar-refractivity contribution >= 4 is 6.09 Å². The van der Waals surface area contributed by atoms with Crippen LogP contribution >= 0.6 is 0 Å². The summed E-state index contributed by atoms with van der Waals surface area (Å²) in [6.45, 7) is 6.38. The maximum atomic E-state index is 12.0. The van der Waals surface area contributed by atoms with Gasteiger partial charge in [0.25, 0.3) is 0 Å². The summed E-state index contributed by atoms with van der Waals surface area (Å²) >= 11 is 0. The molecule has 110 valence electrons. The Morgan fingerprint density at radius 2 is 2.05 bits per heavy atom. The zero-order valence-corrected chi connectivity index (χ0v) is 12.2. The molecule has 2 rings (SSSR count). The standard InChI is InChI=1S/C15H22N2O3/c1-15(2,3)20-14(19)17-9-12(13(18)10-17)8-11-4-6-16-7-5-11/h4-7,12-13,18H,8-10H2,1-3H3. The number of ether oxygens (including phenoxy) is 1. The SMILES string of the molecule is CC(C)(C)OC(=O)N1CC(O)C(Cc2ccncc2)C1. The lowest BCUT2D eigenvalue weighted by atomic mass is 9.97. The number of aliphatic hydroxyl groups is 1. The fraction of sp³-hybridized carbons (Fsp3) is 0.600. The number of amides is 1. The predicted octanol–water partition coefficient (Wildman–Crippen LogP) is 1.85. The van der Waals surface area contributed by atoms with Crippen molar-refractivity contribution < 1.29 is 14.6 Å². The van der Waals surface area contributed by atoms with Crippen LogP contribution in [0.1, 0.15) is 26.3 Å². The summed E-state index contributed by atoms with van der Waals surface area (Å²) < 4.78 is 5.33. The second-order valence-corrected chi connectivity index (χ2v) is 6.27.